The van der Waals surface area contributed by atoms with Crippen LogP contribution in [-0.4, -0.2) is 33.3 Å². The Morgan fingerprint density at radius 3 is 2.53 bits per heavy atom. The largest absolute Gasteiger partial charge is 0.573 e. The van der Waals surface area contributed by atoms with Crippen molar-refractivity contribution in [1.82, 2.24) is 19.9 Å². The molecule has 0 saturated carbocycles. The fourth-order valence-electron chi connectivity index (χ4n) is 4.08. The Labute approximate surface area is 204 Å². The summed E-state index contributed by atoms with van der Waals surface area (Å²) in [4.78, 5) is 18.0. The molecule has 0 amide bonds. The zero-order valence-corrected chi connectivity index (χ0v) is 19.6. The average molecular weight is 490 g/mol. The van der Waals surface area contributed by atoms with Gasteiger partial charge in [0, 0.05) is 41.3 Å². The summed E-state index contributed by atoms with van der Waals surface area (Å²) in [6, 6.07) is 15.4. The molecule has 0 radical (unpaired) electrons. The van der Waals surface area contributed by atoms with Gasteiger partial charge in [0.25, 0.3) is 0 Å². The van der Waals surface area contributed by atoms with Crippen LogP contribution < -0.4 is 15.4 Å². The maximum Gasteiger partial charge on any atom is 0.573 e. The highest BCUT2D eigenvalue weighted by atomic mass is 19.4. The van der Waals surface area contributed by atoms with Gasteiger partial charge in [0.05, 0.1) is 11.0 Å². The molecule has 0 atom stereocenters. The molecule has 0 aliphatic rings. The van der Waals surface area contributed by atoms with Gasteiger partial charge in [-0.25, -0.2) is 19.9 Å². The molecule has 5 aromatic rings. The summed E-state index contributed by atoms with van der Waals surface area (Å²) in [5, 5.41) is 7.67. The quantitative estimate of drug-likeness (QED) is 0.289. The first-order chi connectivity index (χ1) is 17.2. The van der Waals surface area contributed by atoms with Crippen LogP contribution in [0.3, 0.4) is 0 Å². The molecule has 3 aromatic carbocycles. The van der Waals surface area contributed by atoms with Crippen molar-refractivity contribution in [2.75, 3.05) is 17.7 Å². The van der Waals surface area contributed by atoms with Gasteiger partial charge in [-0.1, -0.05) is 18.2 Å². The van der Waals surface area contributed by atoms with Crippen molar-refractivity contribution in [1.29, 1.82) is 0 Å². The topological polar surface area (TPSA) is 84.9 Å². The van der Waals surface area contributed by atoms with Crippen LogP contribution in [-0.2, 0) is 0 Å². The molecule has 36 heavy (non-hydrogen) atoms. The van der Waals surface area contributed by atoms with Crippen LogP contribution in [0.1, 0.15) is 11.4 Å². The summed E-state index contributed by atoms with van der Waals surface area (Å²) in [5.41, 5.74) is 4.82. The molecule has 2 aromatic heterocycles. The second-order valence-electron chi connectivity index (χ2n) is 8.19. The lowest BCUT2D eigenvalue weighted by molar-refractivity contribution is -0.274. The van der Waals surface area contributed by atoms with Gasteiger partial charge in [-0.15, -0.1) is 13.2 Å². The minimum atomic E-state index is -4.78. The number of hydrogen-bond acceptors (Lipinski definition) is 7. The van der Waals surface area contributed by atoms with E-state index in [2.05, 4.69) is 30.3 Å². The standard InChI is InChI=1S/C26H21F3N6O/c1-14-7-9-20-23(22(14)16-8-10-21-17(11-16)13-31-25(30-3)35-21)32-15(2)33-24(20)34-18-5-4-6-19(12-18)36-26(27,28)29/h4-13H,1-3H3,(H,30,31,35)(H,32,33,34). The highest BCUT2D eigenvalue weighted by Crippen LogP contribution is 2.36. The number of alkyl halides is 3. The highest BCUT2D eigenvalue weighted by molar-refractivity contribution is 6.02. The highest BCUT2D eigenvalue weighted by Gasteiger charge is 2.31. The Morgan fingerprint density at radius 1 is 0.917 bits per heavy atom. The predicted octanol–water partition coefficient (Wildman–Crippen LogP) is 6.54. The minimum Gasteiger partial charge on any atom is -0.406 e. The SMILES string of the molecule is CNc1ncc2cc(-c3c(C)ccc4c(Nc5cccc(OC(F)(F)F)c5)nc(C)nc34)ccc2n1. The molecule has 0 bridgehead atoms. The van der Waals surface area contributed by atoms with Gasteiger partial charge >= 0.3 is 6.36 Å². The number of rotatable bonds is 5. The molecule has 5 rings (SSSR count). The molecule has 2 heterocycles. The third-order valence-electron chi connectivity index (χ3n) is 5.61. The second kappa shape index (κ2) is 8.95. The molecular weight excluding hydrogens is 469 g/mol. The van der Waals surface area contributed by atoms with Crippen molar-refractivity contribution in [3.63, 3.8) is 0 Å². The van der Waals surface area contributed by atoms with Crippen LogP contribution in [0.25, 0.3) is 32.9 Å². The summed E-state index contributed by atoms with van der Waals surface area (Å²) in [7, 11) is 1.77. The van der Waals surface area contributed by atoms with Crippen molar-refractivity contribution in [2.45, 2.75) is 20.2 Å². The van der Waals surface area contributed by atoms with Gasteiger partial charge < -0.3 is 15.4 Å². The fraction of sp³-hybridized carbons (Fsp3) is 0.154. The Kier molecular flexibility index (Phi) is 5.79. The van der Waals surface area contributed by atoms with E-state index in [0.717, 1.165) is 38.5 Å². The molecule has 0 fully saturated rings. The Balaban J connectivity index is 1.60. The normalized spacial score (nSPS) is 11.6. The lowest BCUT2D eigenvalue weighted by Crippen LogP contribution is -2.17. The van der Waals surface area contributed by atoms with E-state index in [-0.39, 0.29) is 5.75 Å². The fourth-order valence-corrected chi connectivity index (χ4v) is 4.08. The van der Waals surface area contributed by atoms with Crippen molar-refractivity contribution < 1.29 is 17.9 Å². The molecule has 0 aliphatic carbocycles. The van der Waals surface area contributed by atoms with Crippen LogP contribution in [0.4, 0.5) is 30.6 Å². The van der Waals surface area contributed by atoms with Crippen LogP contribution in [0.5, 0.6) is 5.75 Å². The number of hydrogen-bond donors (Lipinski definition) is 2. The van der Waals surface area contributed by atoms with Gasteiger partial charge in [0.15, 0.2) is 0 Å². The van der Waals surface area contributed by atoms with Crippen molar-refractivity contribution in [3.05, 3.63) is 72.2 Å². The van der Waals surface area contributed by atoms with Gasteiger partial charge in [-0.3, -0.25) is 0 Å². The van der Waals surface area contributed by atoms with Gasteiger partial charge in [-0.2, -0.15) is 0 Å². The maximum absolute atomic E-state index is 12.7. The minimum absolute atomic E-state index is 0.320. The third-order valence-corrected chi connectivity index (χ3v) is 5.61. The number of aromatic nitrogens is 4. The van der Waals surface area contributed by atoms with Crippen molar-refractivity contribution in [2.24, 2.45) is 0 Å². The van der Waals surface area contributed by atoms with Crippen LogP contribution in [0.15, 0.2) is 60.8 Å². The number of halogens is 3. The zero-order valence-electron chi connectivity index (χ0n) is 19.6. The number of nitrogens with zero attached hydrogens (tertiary/aromatic N) is 4. The molecule has 2 N–H and O–H groups in total. The number of anilines is 3. The van der Waals surface area contributed by atoms with E-state index in [1.165, 1.54) is 18.2 Å². The van der Waals surface area contributed by atoms with Crippen molar-refractivity contribution in [3.8, 4) is 16.9 Å². The summed E-state index contributed by atoms with van der Waals surface area (Å²) < 4.78 is 42.0. The Hall–Kier alpha value is -4.47. The number of nitrogens with one attached hydrogen (secondary N) is 2. The summed E-state index contributed by atoms with van der Waals surface area (Å²) in [5.74, 6) is 1.22. The smallest absolute Gasteiger partial charge is 0.406 e. The Morgan fingerprint density at radius 2 is 1.75 bits per heavy atom. The van der Waals surface area contributed by atoms with E-state index in [9.17, 15) is 13.2 Å². The molecule has 0 saturated heterocycles. The van der Waals surface area contributed by atoms with Gasteiger partial charge in [-0.05, 0) is 55.3 Å². The van der Waals surface area contributed by atoms with Crippen LogP contribution in [0, 0.1) is 13.8 Å². The van der Waals surface area contributed by atoms with E-state index < -0.39 is 6.36 Å². The van der Waals surface area contributed by atoms with Crippen molar-refractivity contribution >= 4 is 39.3 Å². The second-order valence-corrected chi connectivity index (χ2v) is 8.19. The van der Waals surface area contributed by atoms with E-state index >= 15 is 0 Å². The summed E-state index contributed by atoms with van der Waals surface area (Å²) in [6.45, 7) is 3.77. The molecular formula is C26H21F3N6O. The van der Waals surface area contributed by atoms with E-state index in [4.69, 9.17) is 4.98 Å². The maximum atomic E-state index is 12.7. The molecule has 0 unspecified atom stereocenters. The zero-order chi connectivity index (χ0) is 25.4. The van der Waals surface area contributed by atoms with E-state index in [1.54, 1.807) is 26.2 Å². The molecule has 0 aliphatic heterocycles. The van der Waals surface area contributed by atoms with Crippen LogP contribution in [0.2, 0.25) is 0 Å². The first-order valence-corrected chi connectivity index (χ1v) is 11.1. The molecule has 182 valence electrons. The first-order valence-electron chi connectivity index (χ1n) is 11.1. The number of fused-ring (bicyclic) bond motifs is 2. The number of ether oxygens (including phenoxy) is 1. The number of aryl methyl sites for hydroxylation is 2. The third kappa shape index (κ3) is 4.70. The summed E-state index contributed by atoms with van der Waals surface area (Å²) >= 11 is 0. The van der Waals surface area contributed by atoms with E-state index in [0.29, 0.717) is 23.3 Å². The Bertz CT molecular complexity index is 1600. The lowest BCUT2D eigenvalue weighted by Gasteiger charge is -2.15. The first kappa shape index (κ1) is 23.3. The average Bonchev–Trinajstić information content (AvgIpc) is 2.82. The monoisotopic (exact) mass is 490 g/mol. The predicted molar refractivity (Wildman–Crippen MR) is 133 cm³/mol. The molecule has 7 nitrogen and oxygen atoms in total. The van der Waals surface area contributed by atoms with Crippen LogP contribution >= 0.6 is 0 Å². The van der Waals surface area contributed by atoms with Gasteiger partial charge in [0.2, 0.25) is 5.95 Å². The lowest BCUT2D eigenvalue weighted by atomic mass is 9.96. The number of benzene rings is 3. The summed E-state index contributed by atoms with van der Waals surface area (Å²) in [6.07, 6.45) is -3.01. The molecule has 10 heteroatoms. The molecule has 0 spiro atoms. The van der Waals surface area contributed by atoms with E-state index in [1.807, 2.05) is 37.3 Å². The van der Waals surface area contributed by atoms with Gasteiger partial charge in [0.1, 0.15) is 17.4 Å².